The van der Waals surface area contributed by atoms with Crippen molar-refractivity contribution in [2.45, 2.75) is 13.8 Å². The molecular formula is C27H16O9. The number of rotatable bonds is 4. The van der Waals surface area contributed by atoms with Crippen LogP contribution in [0.2, 0.25) is 0 Å². The highest BCUT2D eigenvalue weighted by Gasteiger charge is 2.27. The lowest BCUT2D eigenvalue weighted by Crippen LogP contribution is -2.15. The summed E-state index contributed by atoms with van der Waals surface area (Å²) < 4.78 is 11.4. The summed E-state index contributed by atoms with van der Waals surface area (Å²) in [5.74, 6) is -2.71. The van der Waals surface area contributed by atoms with Crippen molar-refractivity contribution in [2.75, 3.05) is 0 Å². The number of fused-ring (bicyclic) bond motifs is 3. The van der Waals surface area contributed by atoms with Gasteiger partial charge in [-0.05, 0) is 44.2 Å². The van der Waals surface area contributed by atoms with Crippen molar-refractivity contribution < 1.29 is 33.4 Å². The zero-order valence-corrected chi connectivity index (χ0v) is 18.9. The second kappa shape index (κ2) is 8.02. The minimum atomic E-state index is -1.36. The first-order valence-electron chi connectivity index (χ1n) is 10.7. The molecule has 0 aliphatic rings. The van der Waals surface area contributed by atoms with Gasteiger partial charge in [-0.1, -0.05) is 6.07 Å². The van der Waals surface area contributed by atoms with Gasteiger partial charge >= 0.3 is 5.97 Å². The third kappa shape index (κ3) is 3.29. The van der Waals surface area contributed by atoms with Crippen molar-refractivity contribution in [1.29, 1.82) is 0 Å². The van der Waals surface area contributed by atoms with Crippen LogP contribution in [0.15, 0.2) is 67.2 Å². The highest BCUT2D eigenvalue weighted by atomic mass is 16.4. The second-order valence-electron chi connectivity index (χ2n) is 8.24. The summed E-state index contributed by atoms with van der Waals surface area (Å²) in [6.45, 7) is 2.39. The van der Waals surface area contributed by atoms with E-state index in [1.807, 2.05) is 0 Å². The summed E-state index contributed by atoms with van der Waals surface area (Å²) in [6, 6.07) is 9.19. The lowest BCUT2D eigenvalue weighted by atomic mass is 9.88. The third-order valence-corrected chi connectivity index (χ3v) is 5.98. The van der Waals surface area contributed by atoms with Crippen LogP contribution < -0.4 is 10.9 Å². The second-order valence-corrected chi connectivity index (χ2v) is 8.24. The van der Waals surface area contributed by atoms with Crippen molar-refractivity contribution in [3.05, 3.63) is 85.9 Å². The molecule has 36 heavy (non-hydrogen) atoms. The molecule has 0 bridgehead atoms. The minimum absolute atomic E-state index is 0.00441. The molecule has 0 unspecified atom stereocenters. The number of aromatic carboxylic acids is 1. The van der Waals surface area contributed by atoms with E-state index in [1.54, 1.807) is 0 Å². The molecule has 9 nitrogen and oxygen atoms in total. The molecule has 0 radical (unpaired) electrons. The summed E-state index contributed by atoms with van der Waals surface area (Å²) >= 11 is 0. The number of aromatic hydroxyl groups is 1. The van der Waals surface area contributed by atoms with Gasteiger partial charge < -0.3 is 19.0 Å². The number of ketones is 2. The van der Waals surface area contributed by atoms with Crippen LogP contribution in [0.3, 0.4) is 0 Å². The lowest BCUT2D eigenvalue weighted by Gasteiger charge is -2.15. The molecule has 5 aromatic rings. The van der Waals surface area contributed by atoms with Gasteiger partial charge in [-0.25, -0.2) is 4.79 Å². The number of carbonyl (C=O) groups excluding carboxylic acids is 2. The van der Waals surface area contributed by atoms with Gasteiger partial charge in [0.1, 0.15) is 28.8 Å². The number of Topliss-reactive ketones (excluding diaryl/α,β-unsaturated/α-hetero) is 2. The smallest absolute Gasteiger partial charge is 0.336 e. The Balaban J connectivity index is 2.03. The number of hydrogen-bond donors (Lipinski definition) is 2. The van der Waals surface area contributed by atoms with Crippen molar-refractivity contribution in [1.82, 2.24) is 0 Å². The fourth-order valence-electron chi connectivity index (χ4n) is 4.40. The molecule has 3 aromatic carbocycles. The molecule has 0 fully saturated rings. The maximum absolute atomic E-state index is 13.6. The van der Waals surface area contributed by atoms with E-state index in [0.29, 0.717) is 0 Å². The number of carboxylic acids is 1. The minimum Gasteiger partial charge on any atom is -0.508 e. The fraction of sp³-hybridized carbons (Fsp3) is 0.0741. The van der Waals surface area contributed by atoms with Crippen molar-refractivity contribution in [3.63, 3.8) is 0 Å². The Morgan fingerprint density at radius 1 is 0.833 bits per heavy atom. The molecule has 178 valence electrons. The number of hydrogen-bond acceptors (Lipinski definition) is 8. The van der Waals surface area contributed by atoms with Crippen molar-refractivity contribution in [3.8, 4) is 16.9 Å². The van der Waals surface area contributed by atoms with Crippen LogP contribution in [0.4, 0.5) is 0 Å². The predicted octanol–water partition coefficient (Wildman–Crippen LogP) is 4.53. The number of carbonyl (C=O) groups is 3. The highest BCUT2D eigenvalue weighted by Crippen LogP contribution is 2.35. The Morgan fingerprint density at radius 2 is 1.58 bits per heavy atom. The van der Waals surface area contributed by atoms with Gasteiger partial charge in [0.2, 0.25) is 10.9 Å². The van der Waals surface area contributed by atoms with Gasteiger partial charge in [0.15, 0.2) is 11.6 Å². The van der Waals surface area contributed by atoms with Crippen LogP contribution in [-0.2, 0) is 0 Å². The largest absolute Gasteiger partial charge is 0.508 e. The molecule has 0 aliphatic carbocycles. The van der Waals surface area contributed by atoms with Crippen LogP contribution in [-0.4, -0.2) is 27.7 Å². The Kier molecular flexibility index (Phi) is 5.06. The van der Waals surface area contributed by atoms with E-state index < -0.39 is 28.4 Å². The molecule has 2 aromatic heterocycles. The van der Waals surface area contributed by atoms with Crippen LogP contribution in [0.25, 0.3) is 44.0 Å². The Labute approximate surface area is 200 Å². The molecule has 2 N–H and O–H groups in total. The van der Waals surface area contributed by atoms with Gasteiger partial charge in [0.05, 0.1) is 32.8 Å². The predicted molar refractivity (Wildman–Crippen MR) is 130 cm³/mol. The molecule has 0 saturated heterocycles. The zero-order chi connectivity index (χ0) is 25.9. The summed E-state index contributed by atoms with van der Waals surface area (Å²) in [5.41, 5.74) is -2.53. The van der Waals surface area contributed by atoms with Gasteiger partial charge in [-0.3, -0.25) is 19.2 Å². The van der Waals surface area contributed by atoms with E-state index in [0.717, 1.165) is 6.26 Å². The normalized spacial score (nSPS) is 11.3. The average molecular weight is 484 g/mol. The zero-order valence-electron chi connectivity index (χ0n) is 18.9. The first kappa shape index (κ1) is 22.7. The topological polar surface area (TPSA) is 152 Å². The van der Waals surface area contributed by atoms with Gasteiger partial charge in [0.25, 0.3) is 0 Å². The summed E-state index contributed by atoms with van der Waals surface area (Å²) in [5, 5.41) is 19.3. The maximum atomic E-state index is 13.6. The highest BCUT2D eigenvalue weighted by molar-refractivity contribution is 6.17. The SMILES string of the molecule is CC(=O)c1cc2c(=O)c3ccc(O)cc3oc2c(C(C)=O)c1-c1coc2cccc(C(=O)O)c2c1=O. The summed E-state index contributed by atoms with van der Waals surface area (Å²) in [7, 11) is 0. The Bertz CT molecular complexity index is 1920. The Hall–Kier alpha value is -5.05. The molecule has 0 saturated carbocycles. The van der Waals surface area contributed by atoms with Gasteiger partial charge in [-0.15, -0.1) is 0 Å². The van der Waals surface area contributed by atoms with Crippen LogP contribution in [0.1, 0.15) is 44.9 Å². The van der Waals surface area contributed by atoms with Crippen LogP contribution in [0, 0.1) is 0 Å². The van der Waals surface area contributed by atoms with E-state index in [4.69, 9.17) is 8.83 Å². The van der Waals surface area contributed by atoms with E-state index in [9.17, 15) is 34.2 Å². The third-order valence-electron chi connectivity index (χ3n) is 5.98. The van der Waals surface area contributed by atoms with E-state index >= 15 is 0 Å². The fourth-order valence-corrected chi connectivity index (χ4v) is 4.40. The van der Waals surface area contributed by atoms with Gasteiger partial charge in [0, 0.05) is 17.2 Å². The van der Waals surface area contributed by atoms with Gasteiger partial charge in [-0.2, -0.15) is 0 Å². The quantitative estimate of drug-likeness (QED) is 0.277. The standard InChI is InChI=1S/C27H16O9/c1-11(28)16-9-17-24(31)14-7-6-13(30)8-20(14)36-26(17)21(12(2)29)22(16)18-10-35-19-5-3-4-15(27(33)34)23(19)25(18)32/h3-10,30H,1-2H3,(H,33,34). The van der Waals surface area contributed by atoms with E-state index in [2.05, 4.69) is 0 Å². The number of phenolic OH excluding ortho intramolecular Hbond substituents is 1. The van der Waals surface area contributed by atoms with Crippen LogP contribution >= 0.6 is 0 Å². The van der Waals surface area contributed by atoms with E-state index in [-0.39, 0.29) is 66.5 Å². The number of benzene rings is 3. The number of phenols is 1. The molecule has 0 amide bonds. The van der Waals surface area contributed by atoms with Crippen molar-refractivity contribution in [2.24, 2.45) is 0 Å². The summed E-state index contributed by atoms with van der Waals surface area (Å²) in [6.07, 6.45) is 1.04. The molecule has 9 heteroatoms. The van der Waals surface area contributed by atoms with Crippen LogP contribution in [0.5, 0.6) is 5.75 Å². The molecule has 2 heterocycles. The first-order chi connectivity index (χ1) is 17.1. The monoisotopic (exact) mass is 484 g/mol. The van der Waals surface area contributed by atoms with E-state index in [1.165, 1.54) is 56.3 Å². The van der Waals surface area contributed by atoms with Crippen molar-refractivity contribution >= 4 is 50.4 Å². The average Bonchev–Trinajstić information content (AvgIpc) is 2.82. The lowest BCUT2D eigenvalue weighted by molar-refractivity contribution is 0.0698. The molecule has 0 spiro atoms. The Morgan fingerprint density at radius 3 is 2.25 bits per heavy atom. The molecular weight excluding hydrogens is 468 g/mol. The maximum Gasteiger partial charge on any atom is 0.336 e. The molecule has 0 aliphatic heterocycles. The number of carboxylic acid groups (broad SMARTS) is 1. The first-order valence-corrected chi connectivity index (χ1v) is 10.7. The molecule has 0 atom stereocenters. The molecule has 5 rings (SSSR count). The summed E-state index contributed by atoms with van der Waals surface area (Å²) in [4.78, 5) is 64.3.